The summed E-state index contributed by atoms with van der Waals surface area (Å²) in [5, 5.41) is 8.41. The Kier molecular flexibility index (Phi) is 4.10. The molecule has 1 fully saturated rings. The van der Waals surface area contributed by atoms with Gasteiger partial charge in [-0.25, -0.2) is 9.59 Å². The lowest BCUT2D eigenvalue weighted by Gasteiger charge is -2.34. The molecule has 0 heterocycles. The van der Waals surface area contributed by atoms with E-state index in [9.17, 15) is 9.59 Å². The molecule has 90 valence electrons. The number of esters is 1. The lowest BCUT2D eigenvalue weighted by Crippen LogP contribution is -2.28. The molecule has 0 aromatic heterocycles. The minimum Gasteiger partial charge on any atom is -0.479 e. The highest BCUT2D eigenvalue weighted by Gasteiger charge is 2.34. The van der Waals surface area contributed by atoms with Gasteiger partial charge in [-0.3, -0.25) is 0 Å². The van der Waals surface area contributed by atoms with Gasteiger partial charge in [0.1, 0.15) is 0 Å². The molecule has 1 N–H and O–H groups in total. The summed E-state index contributed by atoms with van der Waals surface area (Å²) in [6, 6.07) is 0. The molecule has 4 nitrogen and oxygen atoms in total. The van der Waals surface area contributed by atoms with Crippen LogP contribution in [0.25, 0.3) is 0 Å². The van der Waals surface area contributed by atoms with Crippen LogP contribution in [0.5, 0.6) is 0 Å². The zero-order valence-electron chi connectivity index (χ0n) is 9.62. The second-order valence-electron chi connectivity index (χ2n) is 4.57. The molecule has 0 atom stereocenters. The molecule has 0 aromatic rings. The maximum absolute atomic E-state index is 11.6. The molecular weight excluding hydrogens is 208 g/mol. The van der Waals surface area contributed by atoms with E-state index in [2.05, 4.69) is 11.3 Å². The van der Waals surface area contributed by atoms with Gasteiger partial charge >= 0.3 is 11.9 Å². The molecule has 0 amide bonds. The molecule has 1 aliphatic rings. The number of carboxylic acid groups (broad SMARTS) is 1. The van der Waals surface area contributed by atoms with Crippen LogP contribution in [0.1, 0.15) is 39.0 Å². The predicted octanol–water partition coefficient (Wildman–Crippen LogP) is 2.14. The Morgan fingerprint density at radius 1 is 1.31 bits per heavy atom. The van der Waals surface area contributed by atoms with Crippen molar-refractivity contribution in [3.63, 3.8) is 0 Å². The van der Waals surface area contributed by atoms with Crippen molar-refractivity contribution in [3.8, 4) is 0 Å². The largest absolute Gasteiger partial charge is 0.479 e. The maximum Gasteiger partial charge on any atom is 0.341 e. The normalized spacial score (nSPS) is 18.8. The monoisotopic (exact) mass is 226 g/mol. The summed E-state index contributed by atoms with van der Waals surface area (Å²) in [7, 11) is 0. The summed E-state index contributed by atoms with van der Waals surface area (Å²) < 4.78 is 4.65. The van der Waals surface area contributed by atoms with E-state index >= 15 is 0 Å². The maximum atomic E-state index is 11.6. The van der Waals surface area contributed by atoms with Gasteiger partial charge in [0.05, 0.1) is 0 Å². The third-order valence-corrected chi connectivity index (χ3v) is 3.26. The van der Waals surface area contributed by atoms with E-state index in [0.29, 0.717) is 5.57 Å². The molecule has 0 unspecified atom stereocenters. The first-order valence-corrected chi connectivity index (χ1v) is 5.54. The number of hydrogen-bond acceptors (Lipinski definition) is 3. The van der Waals surface area contributed by atoms with Crippen LogP contribution in [0.4, 0.5) is 0 Å². The highest BCUT2D eigenvalue weighted by atomic mass is 16.5. The lowest BCUT2D eigenvalue weighted by molar-refractivity contribution is -0.153. The van der Waals surface area contributed by atoms with Crippen LogP contribution >= 0.6 is 0 Å². The van der Waals surface area contributed by atoms with E-state index in [4.69, 9.17) is 5.11 Å². The Bertz CT molecular complexity index is 300. The van der Waals surface area contributed by atoms with Crippen molar-refractivity contribution in [1.29, 1.82) is 0 Å². The van der Waals surface area contributed by atoms with Gasteiger partial charge in [0, 0.05) is 5.57 Å². The van der Waals surface area contributed by atoms with Crippen LogP contribution in [0.15, 0.2) is 12.2 Å². The lowest BCUT2D eigenvalue weighted by atomic mass is 9.71. The van der Waals surface area contributed by atoms with Crippen molar-refractivity contribution in [2.24, 2.45) is 5.41 Å². The minimum absolute atomic E-state index is 0.214. The van der Waals surface area contributed by atoms with Gasteiger partial charge < -0.3 is 9.84 Å². The van der Waals surface area contributed by atoms with Crippen LogP contribution in [0.3, 0.4) is 0 Å². The zero-order chi connectivity index (χ0) is 12.2. The Morgan fingerprint density at radius 2 is 1.88 bits per heavy atom. The van der Waals surface area contributed by atoms with Gasteiger partial charge in [-0.1, -0.05) is 32.8 Å². The zero-order valence-corrected chi connectivity index (χ0v) is 9.62. The van der Waals surface area contributed by atoms with Gasteiger partial charge in [0.2, 0.25) is 0 Å². The molecule has 0 spiro atoms. The van der Waals surface area contributed by atoms with E-state index in [0.717, 1.165) is 25.7 Å². The van der Waals surface area contributed by atoms with Crippen molar-refractivity contribution >= 4 is 11.9 Å². The fourth-order valence-electron chi connectivity index (χ4n) is 2.09. The smallest absolute Gasteiger partial charge is 0.341 e. The molecule has 1 aliphatic carbocycles. The standard InChI is InChI=1S/C12H18O4/c1-9(11(15)16-8-10(13)14)12(2)6-4-3-5-7-12/h1,3-8H2,2H3,(H,13,14). The van der Waals surface area contributed by atoms with E-state index in [1.807, 2.05) is 6.92 Å². The average molecular weight is 226 g/mol. The summed E-state index contributed by atoms with van der Waals surface area (Å²) in [4.78, 5) is 21.8. The Balaban J connectivity index is 2.55. The molecule has 0 aliphatic heterocycles. The second-order valence-corrected chi connectivity index (χ2v) is 4.57. The fraction of sp³-hybridized carbons (Fsp3) is 0.667. The van der Waals surface area contributed by atoms with Gasteiger partial charge in [-0.2, -0.15) is 0 Å². The number of hydrogen-bond donors (Lipinski definition) is 1. The van der Waals surface area contributed by atoms with Crippen molar-refractivity contribution in [2.45, 2.75) is 39.0 Å². The SMILES string of the molecule is C=C(C(=O)OCC(=O)O)C1(C)CCCCC1. The first-order valence-electron chi connectivity index (χ1n) is 5.54. The van der Waals surface area contributed by atoms with Crippen LogP contribution in [-0.4, -0.2) is 23.7 Å². The van der Waals surface area contributed by atoms with E-state index in [1.54, 1.807) is 0 Å². The number of rotatable bonds is 4. The van der Waals surface area contributed by atoms with Crippen LogP contribution in [0.2, 0.25) is 0 Å². The molecule has 4 heteroatoms. The summed E-state index contributed by atoms with van der Waals surface area (Å²) >= 11 is 0. The molecule has 0 bridgehead atoms. The van der Waals surface area contributed by atoms with Gasteiger partial charge in [0.15, 0.2) is 6.61 Å². The molecule has 16 heavy (non-hydrogen) atoms. The molecular formula is C12H18O4. The first kappa shape index (κ1) is 12.7. The minimum atomic E-state index is -1.14. The third-order valence-electron chi connectivity index (χ3n) is 3.26. The number of carboxylic acids is 1. The van der Waals surface area contributed by atoms with Crippen LogP contribution in [0, 0.1) is 5.41 Å². The van der Waals surface area contributed by atoms with E-state index in [-0.39, 0.29) is 5.41 Å². The Hall–Kier alpha value is -1.32. The topological polar surface area (TPSA) is 63.6 Å². The van der Waals surface area contributed by atoms with Crippen molar-refractivity contribution in [3.05, 3.63) is 12.2 Å². The summed E-state index contributed by atoms with van der Waals surface area (Å²) in [6.45, 7) is 5.17. The second kappa shape index (κ2) is 5.14. The highest BCUT2D eigenvalue weighted by molar-refractivity contribution is 5.90. The van der Waals surface area contributed by atoms with Gasteiger partial charge in [-0.05, 0) is 18.3 Å². The first-order chi connectivity index (χ1) is 7.46. The van der Waals surface area contributed by atoms with Gasteiger partial charge in [-0.15, -0.1) is 0 Å². The Labute approximate surface area is 95.3 Å². The van der Waals surface area contributed by atoms with Crippen LogP contribution < -0.4 is 0 Å². The molecule has 0 radical (unpaired) electrons. The summed E-state index contributed by atoms with van der Waals surface area (Å²) in [5.41, 5.74) is 0.196. The van der Waals surface area contributed by atoms with Gasteiger partial charge in [0.25, 0.3) is 0 Å². The number of aliphatic carboxylic acids is 1. The summed E-state index contributed by atoms with van der Waals surface area (Å²) in [5.74, 6) is -1.72. The van der Waals surface area contributed by atoms with Crippen molar-refractivity contribution in [1.82, 2.24) is 0 Å². The van der Waals surface area contributed by atoms with E-state index in [1.165, 1.54) is 6.42 Å². The Morgan fingerprint density at radius 3 is 2.38 bits per heavy atom. The average Bonchev–Trinajstić information content (AvgIpc) is 2.25. The molecule has 0 saturated heterocycles. The highest BCUT2D eigenvalue weighted by Crippen LogP contribution is 2.41. The van der Waals surface area contributed by atoms with Crippen molar-refractivity contribution < 1.29 is 19.4 Å². The van der Waals surface area contributed by atoms with Crippen LogP contribution in [-0.2, 0) is 14.3 Å². The van der Waals surface area contributed by atoms with Crippen molar-refractivity contribution in [2.75, 3.05) is 6.61 Å². The summed E-state index contributed by atoms with van der Waals surface area (Å²) in [6.07, 6.45) is 5.21. The number of ether oxygens (including phenoxy) is 1. The number of carbonyl (C=O) groups excluding carboxylic acids is 1. The number of carbonyl (C=O) groups is 2. The predicted molar refractivity (Wildman–Crippen MR) is 58.9 cm³/mol. The quantitative estimate of drug-likeness (QED) is 0.589. The fourth-order valence-corrected chi connectivity index (χ4v) is 2.09. The van der Waals surface area contributed by atoms with E-state index < -0.39 is 18.5 Å². The molecule has 1 saturated carbocycles. The third kappa shape index (κ3) is 3.08. The molecule has 0 aromatic carbocycles. The molecule has 1 rings (SSSR count).